The minimum atomic E-state index is -0.0954. The maximum Gasteiger partial charge on any atom is 0.260 e. The second-order valence-electron chi connectivity index (χ2n) is 6.95. The molecular weight excluding hydrogens is 434 g/mol. The summed E-state index contributed by atoms with van der Waals surface area (Å²) >= 11 is 9.39. The van der Waals surface area contributed by atoms with Crippen molar-refractivity contribution >= 4 is 65.7 Å². The summed E-state index contributed by atoms with van der Waals surface area (Å²) in [5.41, 5.74) is 6.21. The highest BCUT2D eigenvalue weighted by Gasteiger charge is 2.23. The topological polar surface area (TPSA) is 46.1 Å². The first-order valence-electron chi connectivity index (χ1n) is 9.35. The van der Waals surface area contributed by atoms with Crippen LogP contribution >= 0.6 is 34.3 Å². The zero-order chi connectivity index (χ0) is 20.7. The predicted octanol–water partition coefficient (Wildman–Crippen LogP) is 6.71. The second kappa shape index (κ2) is 7.80. The number of aryl methyl sites for hydroxylation is 1. The molecule has 2 heterocycles. The molecule has 0 unspecified atom stereocenters. The van der Waals surface area contributed by atoms with Crippen molar-refractivity contribution < 1.29 is 4.79 Å². The molecule has 7 heteroatoms. The van der Waals surface area contributed by atoms with E-state index in [-0.39, 0.29) is 5.91 Å². The summed E-state index contributed by atoms with van der Waals surface area (Å²) in [5.74, 6) is -0.0954. The number of amides is 1. The number of carbonyl (C=O) groups excluding carboxylic acids is 1. The number of nitrogens with zero attached hydrogens (tertiary/aromatic N) is 3. The van der Waals surface area contributed by atoms with Crippen LogP contribution in [0.3, 0.4) is 0 Å². The van der Waals surface area contributed by atoms with Crippen LogP contribution < -0.4 is 4.90 Å². The minimum Gasteiger partial charge on any atom is -0.279 e. The molecule has 148 valence electrons. The van der Waals surface area contributed by atoms with Gasteiger partial charge in [0.2, 0.25) is 0 Å². The molecule has 5 aromatic rings. The number of fused-ring (bicyclic) bond motifs is 2. The van der Waals surface area contributed by atoms with Crippen molar-refractivity contribution in [2.24, 2.45) is 0 Å². The van der Waals surface area contributed by atoms with Crippen LogP contribution in [-0.2, 0) is 6.54 Å². The number of rotatable bonds is 4. The van der Waals surface area contributed by atoms with E-state index in [1.54, 1.807) is 10.4 Å². The highest BCUT2D eigenvalue weighted by Crippen LogP contribution is 2.36. The number of hydrogen-bond donors (Lipinski definition) is 0. The van der Waals surface area contributed by atoms with Gasteiger partial charge in [-0.25, -0.2) is 9.97 Å². The van der Waals surface area contributed by atoms with Crippen molar-refractivity contribution in [3.63, 3.8) is 0 Å². The van der Waals surface area contributed by atoms with Crippen molar-refractivity contribution in [3.8, 4) is 0 Å². The number of benzene rings is 3. The average molecular weight is 450 g/mol. The molecule has 0 saturated heterocycles. The molecule has 0 aliphatic heterocycles. The molecule has 4 nitrogen and oxygen atoms in total. The summed E-state index contributed by atoms with van der Waals surface area (Å²) in [6.45, 7) is 2.43. The van der Waals surface area contributed by atoms with E-state index in [0.717, 1.165) is 31.6 Å². The maximum atomic E-state index is 13.6. The fourth-order valence-corrected chi connectivity index (χ4v) is 5.37. The Morgan fingerprint density at radius 2 is 1.93 bits per heavy atom. The van der Waals surface area contributed by atoms with Gasteiger partial charge in [0, 0.05) is 5.56 Å². The Morgan fingerprint density at radius 1 is 1.10 bits per heavy atom. The van der Waals surface area contributed by atoms with E-state index in [9.17, 15) is 4.79 Å². The van der Waals surface area contributed by atoms with E-state index in [2.05, 4.69) is 4.98 Å². The number of halogens is 1. The Morgan fingerprint density at radius 3 is 2.73 bits per heavy atom. The molecular formula is C23H16ClN3OS2. The summed E-state index contributed by atoms with van der Waals surface area (Å²) in [7, 11) is 0. The molecule has 1 amide bonds. The van der Waals surface area contributed by atoms with Crippen molar-refractivity contribution in [1.29, 1.82) is 0 Å². The van der Waals surface area contributed by atoms with Gasteiger partial charge >= 0.3 is 0 Å². The Bertz CT molecular complexity index is 1340. The molecule has 5 rings (SSSR count). The lowest BCUT2D eigenvalue weighted by molar-refractivity contribution is 0.0985. The van der Waals surface area contributed by atoms with Gasteiger partial charge in [0.1, 0.15) is 0 Å². The van der Waals surface area contributed by atoms with Crippen molar-refractivity contribution in [1.82, 2.24) is 9.97 Å². The monoisotopic (exact) mass is 449 g/mol. The first-order chi connectivity index (χ1) is 14.6. The normalized spacial score (nSPS) is 11.3. The zero-order valence-corrected chi connectivity index (χ0v) is 18.4. The van der Waals surface area contributed by atoms with Gasteiger partial charge in [-0.1, -0.05) is 59.3 Å². The third-order valence-electron chi connectivity index (χ3n) is 4.92. The van der Waals surface area contributed by atoms with Crippen LogP contribution in [0.2, 0.25) is 5.02 Å². The minimum absolute atomic E-state index is 0.0954. The van der Waals surface area contributed by atoms with Crippen LogP contribution in [0.1, 0.15) is 21.5 Å². The standard InChI is InChI=1S/C23H16ClN3OS2/c1-14-7-9-17(24)21-20(14)26-23(30-21)27(12-15-5-3-2-4-6-15)22(28)16-8-10-18-19(11-16)29-13-25-18/h2-11,13H,12H2,1H3. The molecule has 2 aromatic heterocycles. The van der Waals surface area contributed by atoms with E-state index in [4.69, 9.17) is 16.6 Å². The lowest BCUT2D eigenvalue weighted by Gasteiger charge is -2.20. The molecule has 0 aliphatic rings. The van der Waals surface area contributed by atoms with Crippen molar-refractivity contribution in [3.05, 3.63) is 87.9 Å². The van der Waals surface area contributed by atoms with Gasteiger partial charge in [-0.05, 0) is 42.3 Å². The zero-order valence-electron chi connectivity index (χ0n) is 16.0. The lowest BCUT2D eigenvalue weighted by atomic mass is 10.1. The van der Waals surface area contributed by atoms with Gasteiger partial charge in [-0.15, -0.1) is 11.3 Å². The number of anilines is 1. The SMILES string of the molecule is Cc1ccc(Cl)c2sc(N(Cc3ccccc3)C(=O)c3ccc4ncsc4c3)nc12. The molecule has 0 saturated carbocycles. The van der Waals surface area contributed by atoms with Gasteiger partial charge in [0.15, 0.2) is 5.13 Å². The third kappa shape index (κ3) is 3.47. The largest absolute Gasteiger partial charge is 0.279 e. The third-order valence-corrected chi connectivity index (χ3v) is 7.25. The van der Waals surface area contributed by atoms with Gasteiger partial charge in [0.25, 0.3) is 5.91 Å². The molecule has 0 bridgehead atoms. The van der Waals surface area contributed by atoms with Crippen LogP contribution in [0.5, 0.6) is 0 Å². The van der Waals surface area contributed by atoms with E-state index in [1.165, 1.54) is 22.7 Å². The van der Waals surface area contributed by atoms with Crippen molar-refractivity contribution in [2.45, 2.75) is 13.5 Å². The van der Waals surface area contributed by atoms with E-state index in [1.807, 2.05) is 67.6 Å². The quantitative estimate of drug-likeness (QED) is 0.306. The molecule has 0 spiro atoms. The fourth-order valence-electron chi connectivity index (χ4n) is 3.34. The van der Waals surface area contributed by atoms with Crippen LogP contribution in [0, 0.1) is 6.92 Å². The molecule has 3 aromatic carbocycles. The van der Waals surface area contributed by atoms with Crippen LogP contribution in [0.15, 0.2) is 66.2 Å². The predicted molar refractivity (Wildman–Crippen MR) is 126 cm³/mol. The molecule has 30 heavy (non-hydrogen) atoms. The summed E-state index contributed by atoms with van der Waals surface area (Å²) in [6.07, 6.45) is 0. The first-order valence-corrected chi connectivity index (χ1v) is 11.4. The smallest absolute Gasteiger partial charge is 0.260 e. The van der Waals surface area contributed by atoms with Crippen molar-refractivity contribution in [2.75, 3.05) is 4.90 Å². The summed E-state index contributed by atoms with van der Waals surface area (Å²) in [5, 5.41) is 1.29. The van der Waals surface area contributed by atoms with Crippen LogP contribution in [0.25, 0.3) is 20.4 Å². The highest BCUT2D eigenvalue weighted by atomic mass is 35.5. The first kappa shape index (κ1) is 19.2. The molecule has 0 aliphatic carbocycles. The molecule has 0 atom stereocenters. The molecule has 0 fully saturated rings. The van der Waals surface area contributed by atoms with Gasteiger partial charge in [-0.2, -0.15) is 0 Å². The van der Waals surface area contributed by atoms with Gasteiger partial charge < -0.3 is 0 Å². The molecule has 0 N–H and O–H groups in total. The van der Waals surface area contributed by atoms with E-state index < -0.39 is 0 Å². The van der Waals surface area contributed by atoms with Gasteiger partial charge in [-0.3, -0.25) is 9.69 Å². The Kier molecular flexibility index (Phi) is 4.98. The Labute approximate surface area is 186 Å². The summed E-state index contributed by atoms with van der Waals surface area (Å²) in [6, 6.07) is 19.4. The fraction of sp³-hybridized carbons (Fsp3) is 0.0870. The number of aromatic nitrogens is 2. The molecule has 0 radical (unpaired) electrons. The number of carbonyl (C=O) groups is 1. The number of hydrogen-bond acceptors (Lipinski definition) is 5. The maximum absolute atomic E-state index is 13.6. The van der Waals surface area contributed by atoms with E-state index >= 15 is 0 Å². The highest BCUT2D eigenvalue weighted by molar-refractivity contribution is 7.23. The summed E-state index contributed by atoms with van der Waals surface area (Å²) < 4.78 is 1.89. The van der Waals surface area contributed by atoms with E-state index in [0.29, 0.717) is 22.3 Å². The Balaban J connectivity index is 1.62. The summed E-state index contributed by atoms with van der Waals surface area (Å²) in [4.78, 5) is 24.4. The second-order valence-corrected chi connectivity index (χ2v) is 9.22. The van der Waals surface area contributed by atoms with Gasteiger partial charge in [0.05, 0.1) is 37.5 Å². The van der Waals surface area contributed by atoms with Crippen LogP contribution in [-0.4, -0.2) is 15.9 Å². The van der Waals surface area contributed by atoms with Crippen LogP contribution in [0.4, 0.5) is 5.13 Å². The lowest BCUT2D eigenvalue weighted by Crippen LogP contribution is -2.30. The Hall–Kier alpha value is -2.80. The average Bonchev–Trinajstić information content (AvgIpc) is 3.42. The number of thiazole rings is 2.